The van der Waals surface area contributed by atoms with Crippen LogP contribution in [0.1, 0.15) is 17.5 Å². The Bertz CT molecular complexity index is 815. The molecular formula is C21H23ClN2OS. The Morgan fingerprint density at radius 1 is 1.00 bits per heavy atom. The van der Waals surface area contributed by atoms with Crippen molar-refractivity contribution in [1.29, 1.82) is 0 Å². The minimum atomic E-state index is 0.269. The Morgan fingerprint density at radius 2 is 1.81 bits per heavy atom. The number of aliphatic hydroxyl groups excluding tert-OH is 1. The molecule has 4 rings (SSSR count). The van der Waals surface area contributed by atoms with Crippen molar-refractivity contribution in [1.82, 2.24) is 9.80 Å². The molecule has 2 heterocycles. The van der Waals surface area contributed by atoms with Gasteiger partial charge in [0, 0.05) is 65.4 Å². The number of hydrogen-bond acceptors (Lipinski definition) is 4. The molecule has 1 N–H and O–H groups in total. The molecule has 1 fully saturated rings. The van der Waals surface area contributed by atoms with Crippen LogP contribution in [0.3, 0.4) is 0 Å². The van der Waals surface area contributed by atoms with Crippen LogP contribution in [-0.2, 0) is 0 Å². The quantitative estimate of drug-likeness (QED) is 0.847. The average molecular weight is 387 g/mol. The molecule has 0 radical (unpaired) electrons. The Morgan fingerprint density at radius 3 is 2.62 bits per heavy atom. The van der Waals surface area contributed by atoms with Gasteiger partial charge in [-0.05, 0) is 42.3 Å². The lowest BCUT2D eigenvalue weighted by atomic mass is 10.1. The first-order valence-electron chi connectivity index (χ1n) is 9.11. The SMILES string of the molecule is OCCCN1CCN(C2=Cc3ccccc3Sc3ccc(Cl)cc32)CC1. The van der Waals surface area contributed by atoms with Crippen LogP contribution in [0.15, 0.2) is 52.3 Å². The maximum Gasteiger partial charge on any atom is 0.0459 e. The highest BCUT2D eigenvalue weighted by molar-refractivity contribution is 7.99. The average Bonchev–Trinajstić information content (AvgIpc) is 2.83. The molecule has 0 atom stereocenters. The number of benzene rings is 2. The third-order valence-electron chi connectivity index (χ3n) is 4.99. The number of fused-ring (bicyclic) bond motifs is 2. The van der Waals surface area contributed by atoms with Gasteiger partial charge in [0.1, 0.15) is 0 Å². The summed E-state index contributed by atoms with van der Waals surface area (Å²) in [7, 11) is 0. The van der Waals surface area contributed by atoms with Crippen LogP contribution in [-0.4, -0.2) is 54.2 Å². The molecule has 26 heavy (non-hydrogen) atoms. The van der Waals surface area contributed by atoms with Crippen molar-refractivity contribution >= 4 is 35.1 Å². The van der Waals surface area contributed by atoms with Crippen molar-refractivity contribution in [2.75, 3.05) is 39.3 Å². The van der Waals surface area contributed by atoms with Gasteiger partial charge < -0.3 is 10.0 Å². The number of piperazine rings is 1. The molecule has 5 heteroatoms. The van der Waals surface area contributed by atoms with Gasteiger partial charge in [-0.3, -0.25) is 4.90 Å². The van der Waals surface area contributed by atoms with E-state index in [1.54, 1.807) is 0 Å². The van der Waals surface area contributed by atoms with Gasteiger partial charge in [-0.15, -0.1) is 0 Å². The summed E-state index contributed by atoms with van der Waals surface area (Å²) in [5.41, 5.74) is 3.76. The van der Waals surface area contributed by atoms with Crippen molar-refractivity contribution < 1.29 is 5.11 Å². The molecule has 0 unspecified atom stereocenters. The summed E-state index contributed by atoms with van der Waals surface area (Å²) in [5, 5.41) is 9.83. The zero-order valence-corrected chi connectivity index (χ0v) is 16.3. The van der Waals surface area contributed by atoms with Crippen LogP contribution in [0, 0.1) is 0 Å². The lowest BCUT2D eigenvalue weighted by molar-refractivity contribution is 0.161. The molecule has 0 aromatic heterocycles. The van der Waals surface area contributed by atoms with Crippen LogP contribution < -0.4 is 0 Å². The van der Waals surface area contributed by atoms with E-state index in [0.717, 1.165) is 44.2 Å². The largest absolute Gasteiger partial charge is 0.396 e. The first kappa shape index (κ1) is 17.9. The van der Waals surface area contributed by atoms with Gasteiger partial charge in [0.05, 0.1) is 0 Å². The number of hydrogen-bond donors (Lipinski definition) is 1. The summed E-state index contributed by atoms with van der Waals surface area (Å²) >= 11 is 8.15. The van der Waals surface area contributed by atoms with Crippen LogP contribution in [0.5, 0.6) is 0 Å². The zero-order chi connectivity index (χ0) is 17.9. The summed E-state index contributed by atoms with van der Waals surface area (Å²) in [5.74, 6) is 0. The molecule has 2 aliphatic rings. The van der Waals surface area contributed by atoms with E-state index in [1.165, 1.54) is 26.6 Å². The fourth-order valence-electron chi connectivity index (χ4n) is 3.60. The standard InChI is InChI=1S/C21H23ClN2OS/c22-17-6-7-21-18(15-17)19(14-16-4-1-2-5-20(16)26-21)24-11-9-23(10-12-24)8-3-13-25/h1-2,4-7,14-15,25H,3,8-13H2. The van der Waals surface area contributed by atoms with Crippen LogP contribution in [0.25, 0.3) is 11.8 Å². The fourth-order valence-corrected chi connectivity index (χ4v) is 4.81. The molecular weight excluding hydrogens is 364 g/mol. The molecule has 0 spiro atoms. The Hall–Kier alpha value is -1.46. The summed E-state index contributed by atoms with van der Waals surface area (Å²) in [6.07, 6.45) is 3.17. The minimum absolute atomic E-state index is 0.269. The smallest absolute Gasteiger partial charge is 0.0459 e. The highest BCUT2D eigenvalue weighted by atomic mass is 35.5. The van der Waals surface area contributed by atoms with Crippen LogP contribution >= 0.6 is 23.4 Å². The summed E-state index contributed by atoms with van der Waals surface area (Å²) in [6, 6.07) is 14.8. The Labute approximate surface area is 164 Å². The van der Waals surface area contributed by atoms with Gasteiger partial charge in [-0.25, -0.2) is 0 Å². The lowest BCUT2D eigenvalue weighted by Crippen LogP contribution is -2.45. The van der Waals surface area contributed by atoms with Crippen molar-refractivity contribution in [3.05, 3.63) is 58.6 Å². The molecule has 2 aliphatic heterocycles. The molecule has 0 amide bonds. The van der Waals surface area contributed by atoms with E-state index in [4.69, 9.17) is 16.7 Å². The zero-order valence-electron chi connectivity index (χ0n) is 14.7. The van der Waals surface area contributed by atoms with E-state index < -0.39 is 0 Å². The van der Waals surface area contributed by atoms with Gasteiger partial charge in [0.25, 0.3) is 0 Å². The predicted molar refractivity (Wildman–Crippen MR) is 110 cm³/mol. The highest BCUT2D eigenvalue weighted by Crippen LogP contribution is 2.42. The van der Waals surface area contributed by atoms with Gasteiger partial charge in [-0.2, -0.15) is 0 Å². The van der Waals surface area contributed by atoms with Gasteiger partial charge in [0.2, 0.25) is 0 Å². The van der Waals surface area contributed by atoms with E-state index in [1.807, 2.05) is 17.8 Å². The molecule has 3 nitrogen and oxygen atoms in total. The van der Waals surface area contributed by atoms with Gasteiger partial charge in [0.15, 0.2) is 0 Å². The van der Waals surface area contributed by atoms with E-state index in [2.05, 4.69) is 52.3 Å². The molecule has 136 valence electrons. The summed E-state index contributed by atoms with van der Waals surface area (Å²) in [4.78, 5) is 7.46. The normalized spacial score (nSPS) is 17.3. The summed E-state index contributed by atoms with van der Waals surface area (Å²) in [6.45, 7) is 5.30. The topological polar surface area (TPSA) is 26.7 Å². The van der Waals surface area contributed by atoms with E-state index in [0.29, 0.717) is 0 Å². The van der Waals surface area contributed by atoms with Crippen LogP contribution in [0.4, 0.5) is 0 Å². The lowest BCUT2D eigenvalue weighted by Gasteiger charge is -2.37. The molecule has 2 aromatic rings. The van der Waals surface area contributed by atoms with Crippen molar-refractivity contribution in [3.8, 4) is 0 Å². The van der Waals surface area contributed by atoms with E-state index >= 15 is 0 Å². The van der Waals surface area contributed by atoms with Crippen molar-refractivity contribution in [3.63, 3.8) is 0 Å². The molecule has 0 bridgehead atoms. The maximum absolute atomic E-state index is 9.05. The fraction of sp³-hybridized carbons (Fsp3) is 0.333. The predicted octanol–water partition coefficient (Wildman–Crippen LogP) is 4.30. The van der Waals surface area contributed by atoms with Gasteiger partial charge >= 0.3 is 0 Å². The third kappa shape index (κ3) is 3.79. The first-order chi connectivity index (χ1) is 12.7. The second kappa shape index (κ2) is 8.05. The third-order valence-corrected chi connectivity index (χ3v) is 6.40. The summed E-state index contributed by atoms with van der Waals surface area (Å²) < 4.78 is 0. The molecule has 0 aliphatic carbocycles. The monoisotopic (exact) mass is 386 g/mol. The van der Waals surface area contributed by atoms with Gasteiger partial charge in [-0.1, -0.05) is 41.6 Å². The number of rotatable bonds is 4. The van der Waals surface area contributed by atoms with E-state index in [9.17, 15) is 0 Å². The number of aliphatic hydroxyl groups is 1. The second-order valence-corrected chi connectivity index (χ2v) is 8.24. The number of halogens is 1. The van der Waals surface area contributed by atoms with Crippen molar-refractivity contribution in [2.45, 2.75) is 16.2 Å². The Balaban J connectivity index is 1.66. The highest BCUT2D eigenvalue weighted by Gasteiger charge is 2.24. The Kier molecular flexibility index (Phi) is 5.55. The van der Waals surface area contributed by atoms with Crippen LogP contribution in [0.2, 0.25) is 5.02 Å². The van der Waals surface area contributed by atoms with E-state index in [-0.39, 0.29) is 6.61 Å². The molecule has 2 aromatic carbocycles. The molecule has 1 saturated heterocycles. The minimum Gasteiger partial charge on any atom is -0.396 e. The molecule has 0 saturated carbocycles. The first-order valence-corrected chi connectivity index (χ1v) is 10.3. The second-order valence-electron chi connectivity index (χ2n) is 6.72. The number of nitrogens with zero attached hydrogens (tertiary/aromatic N) is 2. The maximum atomic E-state index is 9.05. The van der Waals surface area contributed by atoms with Crippen molar-refractivity contribution in [2.24, 2.45) is 0 Å².